The van der Waals surface area contributed by atoms with Gasteiger partial charge in [-0.25, -0.2) is 21.6 Å². The van der Waals surface area contributed by atoms with Crippen molar-refractivity contribution in [3.8, 4) is 0 Å². The maximum Gasteiger partial charge on any atom is 0.307 e. The minimum Gasteiger partial charge on any atom is -0.466 e. The van der Waals surface area contributed by atoms with Crippen LogP contribution in [0.2, 0.25) is 0 Å². The monoisotopic (exact) mass is 561 g/mol. The number of hydrogen-bond donors (Lipinski definition) is 3. The van der Waals surface area contributed by atoms with Gasteiger partial charge in [-0.3, -0.25) is 9.52 Å². The van der Waals surface area contributed by atoms with E-state index in [9.17, 15) is 21.6 Å². The fourth-order valence-corrected chi connectivity index (χ4v) is 5.90. The maximum atomic E-state index is 13.0. The van der Waals surface area contributed by atoms with E-state index in [1.807, 2.05) is 0 Å². The Morgan fingerprint density at radius 2 is 1.51 bits per heavy atom. The fourth-order valence-electron chi connectivity index (χ4n) is 3.45. The molecule has 0 aliphatic heterocycles. The predicted molar refractivity (Wildman–Crippen MR) is 146 cm³/mol. The number of rotatable bonds is 11. The van der Waals surface area contributed by atoms with Gasteiger partial charge in [-0.05, 0) is 61.9 Å². The largest absolute Gasteiger partial charge is 0.466 e. The number of thiocarbonyl (C=S) groups is 1. The first-order chi connectivity index (χ1) is 17.5. The Labute approximate surface area is 222 Å². The van der Waals surface area contributed by atoms with Crippen molar-refractivity contribution in [1.82, 2.24) is 4.72 Å². The lowest BCUT2D eigenvalue weighted by atomic mass is 10.0. The number of anilines is 2. The van der Waals surface area contributed by atoms with E-state index in [1.54, 1.807) is 56.3 Å². The van der Waals surface area contributed by atoms with Gasteiger partial charge in [-0.1, -0.05) is 48.6 Å². The van der Waals surface area contributed by atoms with Gasteiger partial charge in [0.1, 0.15) is 0 Å². The van der Waals surface area contributed by atoms with Gasteiger partial charge < -0.3 is 10.1 Å². The van der Waals surface area contributed by atoms with Crippen LogP contribution in [0, 0.1) is 0 Å². The van der Waals surface area contributed by atoms with Crippen LogP contribution in [-0.2, 0) is 29.6 Å². The standard InChI is InChI=1S/C25H27N3O6S3/c1-3-34-25(29)17-24(28-36(30,31)22-12-5-4-6-13-22)19-9-7-11-21(15-19)27-37(32,33)23-14-8-10-20(16-23)26-18(2)35/h4-16,24,27-28H,3,17H2,1-2H3,(H,26,35). The first-order valence-electron chi connectivity index (χ1n) is 11.2. The van der Waals surface area contributed by atoms with Crippen molar-refractivity contribution < 1.29 is 26.4 Å². The van der Waals surface area contributed by atoms with E-state index in [4.69, 9.17) is 17.0 Å². The molecule has 1 unspecified atom stereocenters. The summed E-state index contributed by atoms with van der Waals surface area (Å²) in [5, 5.41) is 2.90. The van der Waals surface area contributed by atoms with Gasteiger partial charge in [0.15, 0.2) is 0 Å². The fraction of sp³-hybridized carbons (Fsp3) is 0.200. The predicted octanol–water partition coefficient (Wildman–Crippen LogP) is 4.22. The van der Waals surface area contributed by atoms with Crippen LogP contribution in [0.5, 0.6) is 0 Å². The molecule has 12 heteroatoms. The summed E-state index contributed by atoms with van der Waals surface area (Å²) >= 11 is 5.02. The van der Waals surface area contributed by atoms with Crippen LogP contribution < -0.4 is 14.8 Å². The van der Waals surface area contributed by atoms with E-state index in [-0.39, 0.29) is 28.5 Å². The second kappa shape index (κ2) is 12.3. The van der Waals surface area contributed by atoms with E-state index < -0.39 is 32.1 Å². The molecule has 3 aromatic rings. The number of benzene rings is 3. The normalized spacial score (nSPS) is 12.4. The van der Waals surface area contributed by atoms with Crippen molar-refractivity contribution in [2.24, 2.45) is 0 Å². The van der Waals surface area contributed by atoms with Crippen LogP contribution in [0.1, 0.15) is 31.9 Å². The van der Waals surface area contributed by atoms with Crippen molar-refractivity contribution in [2.45, 2.75) is 36.1 Å². The molecule has 0 radical (unpaired) electrons. The Balaban J connectivity index is 1.91. The molecule has 0 heterocycles. The summed E-state index contributed by atoms with van der Waals surface area (Å²) in [6, 6.07) is 19.0. The number of esters is 1. The van der Waals surface area contributed by atoms with Gasteiger partial charge in [0.2, 0.25) is 10.0 Å². The first-order valence-corrected chi connectivity index (χ1v) is 14.6. The second-order valence-electron chi connectivity index (χ2n) is 7.94. The van der Waals surface area contributed by atoms with Gasteiger partial charge in [0.05, 0.1) is 33.8 Å². The molecule has 37 heavy (non-hydrogen) atoms. The zero-order valence-corrected chi connectivity index (χ0v) is 22.6. The topological polar surface area (TPSA) is 131 Å². The van der Waals surface area contributed by atoms with E-state index in [0.29, 0.717) is 16.2 Å². The van der Waals surface area contributed by atoms with Crippen LogP contribution in [0.3, 0.4) is 0 Å². The van der Waals surface area contributed by atoms with E-state index in [1.165, 1.54) is 36.4 Å². The molecule has 196 valence electrons. The molecule has 0 bridgehead atoms. The third-order valence-corrected chi connectivity index (χ3v) is 8.00. The third-order valence-electron chi connectivity index (χ3n) is 5.03. The molecule has 0 aromatic heterocycles. The molecule has 1 atom stereocenters. The number of carbonyl (C=O) groups is 1. The average molecular weight is 562 g/mol. The van der Waals surface area contributed by atoms with Crippen LogP contribution in [0.15, 0.2) is 88.7 Å². The quantitative estimate of drug-likeness (QED) is 0.234. The Morgan fingerprint density at radius 3 is 2.19 bits per heavy atom. The van der Waals surface area contributed by atoms with Crippen molar-refractivity contribution in [2.75, 3.05) is 16.6 Å². The minimum atomic E-state index is -3.99. The van der Waals surface area contributed by atoms with Crippen LogP contribution >= 0.6 is 12.2 Å². The highest BCUT2D eigenvalue weighted by Gasteiger charge is 2.25. The molecule has 0 saturated carbocycles. The van der Waals surface area contributed by atoms with Gasteiger partial charge in [0, 0.05) is 11.4 Å². The van der Waals surface area contributed by atoms with Gasteiger partial charge in [0.25, 0.3) is 10.0 Å². The highest BCUT2D eigenvalue weighted by Crippen LogP contribution is 2.26. The van der Waals surface area contributed by atoms with Crippen molar-refractivity contribution in [1.29, 1.82) is 0 Å². The zero-order chi connectivity index (χ0) is 27.1. The van der Waals surface area contributed by atoms with Gasteiger partial charge in [-0.15, -0.1) is 0 Å². The summed E-state index contributed by atoms with van der Waals surface area (Å²) in [4.78, 5) is 12.8. The molecule has 3 rings (SSSR count). The van der Waals surface area contributed by atoms with Crippen molar-refractivity contribution >= 4 is 54.6 Å². The summed E-state index contributed by atoms with van der Waals surface area (Å²) in [5.74, 6) is -0.604. The van der Waals surface area contributed by atoms with Crippen molar-refractivity contribution in [3.05, 3.63) is 84.4 Å². The molecule has 9 nitrogen and oxygen atoms in total. The smallest absolute Gasteiger partial charge is 0.307 e. The van der Waals surface area contributed by atoms with Gasteiger partial charge in [-0.2, -0.15) is 0 Å². The van der Waals surface area contributed by atoms with Crippen LogP contribution in [-0.4, -0.2) is 34.4 Å². The molecular formula is C25H27N3O6S3. The second-order valence-corrected chi connectivity index (χ2v) is 11.9. The zero-order valence-electron chi connectivity index (χ0n) is 20.2. The SMILES string of the molecule is CCOC(=O)CC(NS(=O)(=O)c1ccccc1)c1cccc(NS(=O)(=O)c2cccc(NC(C)=S)c2)c1. The number of ether oxygens (including phenoxy) is 1. The van der Waals surface area contributed by atoms with E-state index in [0.717, 1.165) is 0 Å². The molecule has 0 fully saturated rings. The van der Waals surface area contributed by atoms with Gasteiger partial charge >= 0.3 is 5.97 Å². The molecule has 0 aliphatic carbocycles. The van der Waals surface area contributed by atoms with E-state index >= 15 is 0 Å². The number of sulfonamides is 2. The summed E-state index contributed by atoms with van der Waals surface area (Å²) in [6.45, 7) is 3.46. The average Bonchev–Trinajstić information content (AvgIpc) is 2.84. The number of nitrogens with one attached hydrogen (secondary N) is 3. The number of hydrogen-bond acceptors (Lipinski definition) is 7. The maximum absolute atomic E-state index is 13.0. The summed E-state index contributed by atoms with van der Waals surface area (Å²) in [5.41, 5.74) is 1.09. The summed E-state index contributed by atoms with van der Waals surface area (Å²) in [6.07, 6.45) is -0.291. The molecule has 3 N–H and O–H groups in total. The lowest BCUT2D eigenvalue weighted by molar-refractivity contribution is -0.143. The molecule has 0 aliphatic rings. The minimum absolute atomic E-state index is 0.00649. The van der Waals surface area contributed by atoms with Crippen LogP contribution in [0.4, 0.5) is 11.4 Å². The number of carbonyl (C=O) groups excluding carboxylic acids is 1. The Bertz CT molecular complexity index is 1480. The molecular weight excluding hydrogens is 534 g/mol. The summed E-state index contributed by atoms with van der Waals surface area (Å²) in [7, 11) is -7.98. The van der Waals surface area contributed by atoms with Crippen LogP contribution in [0.25, 0.3) is 0 Å². The van der Waals surface area contributed by atoms with Crippen molar-refractivity contribution in [3.63, 3.8) is 0 Å². The summed E-state index contributed by atoms with van der Waals surface area (Å²) < 4.78 is 62.1. The molecule has 0 spiro atoms. The Morgan fingerprint density at radius 1 is 0.865 bits per heavy atom. The Kier molecular flexibility index (Phi) is 9.38. The lowest BCUT2D eigenvalue weighted by Gasteiger charge is -2.20. The first kappa shape index (κ1) is 28.3. The molecule has 0 saturated heterocycles. The molecule has 3 aromatic carbocycles. The van der Waals surface area contributed by atoms with E-state index in [2.05, 4.69) is 14.8 Å². The lowest BCUT2D eigenvalue weighted by Crippen LogP contribution is -2.31. The molecule has 0 amide bonds. The third kappa shape index (κ3) is 8.09. The Hall–Kier alpha value is -3.32. The highest BCUT2D eigenvalue weighted by atomic mass is 32.2. The highest BCUT2D eigenvalue weighted by molar-refractivity contribution is 7.92.